The van der Waals surface area contributed by atoms with Crippen molar-refractivity contribution in [1.29, 1.82) is 0 Å². The summed E-state index contributed by atoms with van der Waals surface area (Å²) in [5, 5.41) is 17.5. The summed E-state index contributed by atoms with van der Waals surface area (Å²) < 4.78 is 3.83. The lowest BCUT2D eigenvalue weighted by molar-refractivity contribution is -0.688. The molecule has 2 aliphatic rings. The molecule has 3 aromatic rings. The van der Waals surface area contributed by atoms with Gasteiger partial charge in [-0.15, -0.1) is 23.1 Å². The van der Waals surface area contributed by atoms with Crippen LogP contribution in [0, 0.1) is 0 Å². The van der Waals surface area contributed by atoms with Crippen LogP contribution in [0.2, 0.25) is 0 Å². The normalized spacial score (nSPS) is 20.0. The number of β-lactam (4-membered cyclic amide) rings is 1. The molecular weight excluding hydrogens is 494 g/mol. The van der Waals surface area contributed by atoms with Gasteiger partial charge in [0.25, 0.3) is 11.8 Å². The lowest BCUT2D eigenvalue weighted by atomic mass is 10.0. The number of nitrogen functional groups attached to an aromatic ring is 1. The first kappa shape index (κ1) is 22.9. The predicted molar refractivity (Wildman–Crippen MR) is 127 cm³/mol. The van der Waals surface area contributed by atoms with Crippen LogP contribution in [-0.2, 0) is 25.8 Å². The van der Waals surface area contributed by atoms with Crippen molar-refractivity contribution in [2.75, 3.05) is 18.6 Å². The van der Waals surface area contributed by atoms with Crippen molar-refractivity contribution in [2.45, 2.75) is 18.0 Å². The zero-order chi connectivity index (χ0) is 24.7. The molecule has 2 aliphatic heterocycles. The van der Waals surface area contributed by atoms with Crippen molar-refractivity contribution in [1.82, 2.24) is 19.6 Å². The molecule has 1 fully saturated rings. The van der Waals surface area contributed by atoms with E-state index >= 15 is 0 Å². The van der Waals surface area contributed by atoms with Gasteiger partial charge in [0.15, 0.2) is 29.8 Å². The first-order chi connectivity index (χ1) is 16.9. The van der Waals surface area contributed by atoms with E-state index in [0.717, 1.165) is 16.9 Å². The molecule has 0 unspecified atom stereocenters. The number of aliphatic carboxylic acids is 1. The molecule has 5 rings (SSSR count). The number of thioether (sulfide) groups is 1. The maximum absolute atomic E-state index is 13.0. The zero-order valence-corrected chi connectivity index (χ0v) is 20.0. The van der Waals surface area contributed by atoms with E-state index in [1.807, 2.05) is 45.9 Å². The van der Waals surface area contributed by atoms with Crippen molar-refractivity contribution in [2.24, 2.45) is 5.16 Å². The molecule has 5 heterocycles. The van der Waals surface area contributed by atoms with Gasteiger partial charge >= 0.3 is 5.97 Å². The number of aromatic nitrogens is 3. The summed E-state index contributed by atoms with van der Waals surface area (Å²) in [6.07, 6.45) is 7.55. The molecule has 0 aliphatic carbocycles. The number of nitrogens with zero attached hydrogens (tertiary/aromatic N) is 5. The molecule has 0 saturated carbocycles. The number of hydrogen-bond donors (Lipinski definition) is 3. The molecule has 2 atom stereocenters. The summed E-state index contributed by atoms with van der Waals surface area (Å²) in [4.78, 5) is 48.0. The molecule has 1 saturated heterocycles. The molecule has 35 heavy (non-hydrogen) atoms. The highest BCUT2D eigenvalue weighted by molar-refractivity contribution is 8.00. The summed E-state index contributed by atoms with van der Waals surface area (Å²) in [5.41, 5.74) is 7.26. The third-order valence-corrected chi connectivity index (χ3v) is 7.61. The maximum atomic E-state index is 13.0. The Bertz CT molecular complexity index is 1410. The Morgan fingerprint density at radius 1 is 1.43 bits per heavy atom. The molecule has 12 nitrogen and oxygen atoms in total. The first-order valence-electron chi connectivity index (χ1n) is 10.4. The summed E-state index contributed by atoms with van der Waals surface area (Å²) >= 11 is 2.53. The smallest absolute Gasteiger partial charge is 0.352 e. The number of hydrogen-bond acceptors (Lipinski definition) is 9. The Morgan fingerprint density at radius 3 is 2.97 bits per heavy atom. The van der Waals surface area contributed by atoms with Crippen LogP contribution in [0.15, 0.2) is 58.7 Å². The highest BCUT2D eigenvalue weighted by atomic mass is 32.2. The van der Waals surface area contributed by atoms with Gasteiger partial charge in [-0.1, -0.05) is 5.16 Å². The van der Waals surface area contributed by atoms with E-state index in [9.17, 15) is 19.5 Å². The quantitative estimate of drug-likeness (QED) is 0.173. The molecule has 0 radical (unpaired) electrons. The number of nitrogens with one attached hydrogen (secondary N) is 1. The lowest BCUT2D eigenvalue weighted by Gasteiger charge is -2.49. The van der Waals surface area contributed by atoms with Gasteiger partial charge < -0.3 is 25.4 Å². The Balaban J connectivity index is 1.36. The fourth-order valence-electron chi connectivity index (χ4n) is 4.05. The van der Waals surface area contributed by atoms with E-state index in [1.54, 1.807) is 5.38 Å². The van der Waals surface area contributed by atoms with Gasteiger partial charge in [0.2, 0.25) is 0 Å². The average molecular weight is 515 g/mol. The van der Waals surface area contributed by atoms with Crippen LogP contribution in [0.5, 0.6) is 0 Å². The third kappa shape index (κ3) is 4.10. The van der Waals surface area contributed by atoms with Gasteiger partial charge in [0, 0.05) is 22.9 Å². The number of nitrogens with two attached hydrogens (primary N) is 1. The molecule has 3 aromatic heterocycles. The van der Waals surface area contributed by atoms with Gasteiger partial charge in [-0.3, -0.25) is 14.5 Å². The first-order valence-corrected chi connectivity index (χ1v) is 12.3. The minimum absolute atomic E-state index is 0.0509. The summed E-state index contributed by atoms with van der Waals surface area (Å²) in [5.74, 6) is -1.97. The Labute approximate surface area is 206 Å². The monoisotopic (exact) mass is 514 g/mol. The van der Waals surface area contributed by atoms with Crippen LogP contribution >= 0.6 is 23.1 Å². The molecular formula is C21H20N7O5S2+. The molecule has 2 amide bonds. The van der Waals surface area contributed by atoms with Gasteiger partial charge in [0.05, 0.1) is 6.20 Å². The summed E-state index contributed by atoms with van der Waals surface area (Å²) in [7, 11) is 1.29. The zero-order valence-electron chi connectivity index (χ0n) is 18.3. The Kier molecular flexibility index (Phi) is 5.90. The third-order valence-electron chi connectivity index (χ3n) is 5.60. The average Bonchev–Trinajstić information content (AvgIpc) is 3.48. The maximum Gasteiger partial charge on any atom is 0.352 e. The number of amides is 2. The van der Waals surface area contributed by atoms with Crippen LogP contribution < -0.4 is 15.6 Å². The van der Waals surface area contributed by atoms with Gasteiger partial charge in [-0.05, 0) is 12.1 Å². The summed E-state index contributed by atoms with van der Waals surface area (Å²) in [6.45, 7) is 0.319. The van der Waals surface area contributed by atoms with Crippen molar-refractivity contribution >= 4 is 57.2 Å². The molecule has 0 spiro atoms. The minimum Gasteiger partial charge on any atom is -0.477 e. The lowest BCUT2D eigenvalue weighted by Crippen LogP contribution is -2.71. The highest BCUT2D eigenvalue weighted by Crippen LogP contribution is 2.40. The van der Waals surface area contributed by atoms with Crippen LogP contribution in [0.3, 0.4) is 0 Å². The van der Waals surface area contributed by atoms with Crippen molar-refractivity contribution in [3.63, 3.8) is 0 Å². The van der Waals surface area contributed by atoms with E-state index in [0.29, 0.717) is 17.9 Å². The number of carboxylic acids is 1. The standard InChI is InChI=1S/C21H19N7O5S2/c1-33-25-14(13-10-35-21(22)23-13)17(29)24-15-18(30)28-16(20(31)32)11(9-34-19(15)28)7-26-5-6-27-4-2-3-12(27)8-26/h2-6,8,10,15,19H,7,9H2,1H3,(H3-,22,23,24,29,31,32)/p+1/t15-,19+/m1/s1. The largest absolute Gasteiger partial charge is 0.477 e. The Hall–Kier alpha value is -3.91. The van der Waals surface area contributed by atoms with Crippen LogP contribution in [0.4, 0.5) is 5.13 Å². The van der Waals surface area contributed by atoms with Crippen LogP contribution in [0.1, 0.15) is 5.69 Å². The van der Waals surface area contributed by atoms with Gasteiger partial charge in [-0.2, -0.15) is 4.57 Å². The SMILES string of the molecule is CON=C(C(=O)N[C@@H]1C(=O)N2C(C(=O)O)=C(C[n+]3ccn4cccc4c3)CS[C@@H]12)c1csc(N)n1. The fourth-order valence-corrected chi connectivity index (χ4v) is 5.93. The van der Waals surface area contributed by atoms with E-state index < -0.39 is 29.2 Å². The van der Waals surface area contributed by atoms with E-state index in [1.165, 1.54) is 23.8 Å². The van der Waals surface area contributed by atoms with E-state index in [2.05, 4.69) is 15.5 Å². The second-order valence-corrected chi connectivity index (χ2v) is 9.75. The molecule has 180 valence electrons. The number of carbonyl (C=O) groups is 3. The van der Waals surface area contributed by atoms with Crippen molar-refractivity contribution in [3.05, 3.63) is 59.3 Å². The van der Waals surface area contributed by atoms with E-state index in [4.69, 9.17) is 10.6 Å². The van der Waals surface area contributed by atoms with Crippen molar-refractivity contribution < 1.29 is 28.9 Å². The van der Waals surface area contributed by atoms with Crippen molar-refractivity contribution in [3.8, 4) is 0 Å². The van der Waals surface area contributed by atoms with Gasteiger partial charge in [0.1, 0.15) is 35.4 Å². The number of carboxylic acid groups (broad SMARTS) is 1. The Morgan fingerprint density at radius 2 is 2.26 bits per heavy atom. The summed E-state index contributed by atoms with van der Waals surface area (Å²) in [6, 6.07) is 2.95. The second kappa shape index (κ2) is 9.03. The number of anilines is 1. The molecule has 0 bridgehead atoms. The minimum atomic E-state index is -1.19. The van der Waals surface area contributed by atoms with Crippen LogP contribution in [0.25, 0.3) is 5.52 Å². The number of carbonyl (C=O) groups excluding carboxylic acids is 2. The van der Waals surface area contributed by atoms with Gasteiger partial charge in [-0.25, -0.2) is 9.78 Å². The van der Waals surface area contributed by atoms with Crippen LogP contribution in [-0.4, -0.2) is 67.2 Å². The number of fused-ring (bicyclic) bond motifs is 2. The topological polar surface area (TPSA) is 156 Å². The number of thiazole rings is 1. The number of rotatable bonds is 7. The van der Waals surface area contributed by atoms with E-state index in [-0.39, 0.29) is 22.2 Å². The fraction of sp³-hybridized carbons (Fsp3) is 0.238. The number of oxime groups is 1. The molecule has 4 N–H and O–H groups in total. The highest BCUT2D eigenvalue weighted by Gasteiger charge is 2.54. The second-order valence-electron chi connectivity index (χ2n) is 7.75. The molecule has 0 aromatic carbocycles. The molecule has 14 heteroatoms. The predicted octanol–water partition coefficient (Wildman–Crippen LogP) is 0.0548.